The molecule has 2 aromatic heterocycles. The van der Waals surface area contributed by atoms with E-state index in [2.05, 4.69) is 9.97 Å². The minimum absolute atomic E-state index is 0.291. The molecule has 2 N–H and O–H groups in total. The number of pyridine rings is 1. The van der Waals surface area contributed by atoms with Crippen LogP contribution in [0.25, 0.3) is 0 Å². The van der Waals surface area contributed by atoms with E-state index in [1.807, 2.05) is 17.8 Å². The predicted molar refractivity (Wildman–Crippen MR) is 68.1 cm³/mol. The van der Waals surface area contributed by atoms with Gasteiger partial charge in [-0.2, -0.15) is 0 Å². The lowest BCUT2D eigenvalue weighted by Gasteiger charge is -2.12. The van der Waals surface area contributed by atoms with Crippen LogP contribution in [0.3, 0.4) is 0 Å². The van der Waals surface area contributed by atoms with Crippen LogP contribution in [-0.4, -0.2) is 14.5 Å². The number of nitrogens with two attached hydrogens (primary N) is 1. The number of rotatable bonds is 3. The van der Waals surface area contributed by atoms with Crippen molar-refractivity contribution in [3.63, 3.8) is 0 Å². The predicted octanol–water partition coefficient (Wildman–Crippen LogP) is 2.36. The normalized spacial score (nSPS) is 12.7. The summed E-state index contributed by atoms with van der Waals surface area (Å²) in [6.45, 7) is 0. The molecule has 4 nitrogen and oxygen atoms in total. The summed E-state index contributed by atoms with van der Waals surface area (Å²) >= 11 is 11.8. The Morgan fingerprint density at radius 2 is 2.18 bits per heavy atom. The zero-order valence-corrected chi connectivity index (χ0v) is 10.8. The maximum atomic E-state index is 6.06. The second-order valence-corrected chi connectivity index (χ2v) is 4.63. The van der Waals surface area contributed by atoms with Crippen molar-refractivity contribution in [2.75, 3.05) is 0 Å². The summed E-state index contributed by atoms with van der Waals surface area (Å²) in [5.41, 5.74) is 6.70. The molecule has 1 unspecified atom stereocenters. The monoisotopic (exact) mass is 270 g/mol. The third-order valence-corrected chi connectivity index (χ3v) is 3.02. The Morgan fingerprint density at radius 1 is 1.41 bits per heavy atom. The van der Waals surface area contributed by atoms with E-state index in [1.165, 1.54) is 0 Å². The van der Waals surface area contributed by atoms with E-state index in [0.717, 1.165) is 5.82 Å². The molecule has 90 valence electrons. The quantitative estimate of drug-likeness (QED) is 0.932. The van der Waals surface area contributed by atoms with Crippen LogP contribution in [0.2, 0.25) is 10.0 Å². The van der Waals surface area contributed by atoms with Crippen molar-refractivity contribution in [1.29, 1.82) is 0 Å². The number of hydrogen-bond acceptors (Lipinski definition) is 3. The molecule has 0 spiro atoms. The smallest absolute Gasteiger partial charge is 0.110 e. The fraction of sp³-hybridized carbons (Fsp3) is 0.273. The van der Waals surface area contributed by atoms with Gasteiger partial charge in [0.15, 0.2) is 0 Å². The van der Waals surface area contributed by atoms with Gasteiger partial charge in [-0.15, -0.1) is 0 Å². The molecule has 2 rings (SSSR count). The minimum atomic E-state index is -0.291. The van der Waals surface area contributed by atoms with Crippen molar-refractivity contribution in [3.8, 4) is 0 Å². The molecule has 0 saturated heterocycles. The highest BCUT2D eigenvalue weighted by molar-refractivity contribution is 6.34. The molecule has 0 aliphatic heterocycles. The maximum absolute atomic E-state index is 6.06. The minimum Gasteiger partial charge on any atom is -0.338 e. The van der Waals surface area contributed by atoms with Gasteiger partial charge in [-0.05, 0) is 6.07 Å². The molecule has 17 heavy (non-hydrogen) atoms. The van der Waals surface area contributed by atoms with Gasteiger partial charge in [-0.25, -0.2) is 4.98 Å². The summed E-state index contributed by atoms with van der Waals surface area (Å²) in [7, 11) is 1.92. The molecule has 0 amide bonds. The largest absolute Gasteiger partial charge is 0.338 e. The lowest BCUT2D eigenvalue weighted by Crippen LogP contribution is -2.17. The van der Waals surface area contributed by atoms with Crippen molar-refractivity contribution in [3.05, 3.63) is 46.2 Å². The Bertz CT molecular complexity index is 524. The van der Waals surface area contributed by atoms with Gasteiger partial charge in [-0.3, -0.25) is 4.98 Å². The highest BCUT2D eigenvalue weighted by atomic mass is 35.5. The van der Waals surface area contributed by atoms with E-state index in [-0.39, 0.29) is 6.04 Å². The van der Waals surface area contributed by atoms with Gasteiger partial charge in [0.05, 0.1) is 21.8 Å². The highest BCUT2D eigenvalue weighted by Crippen LogP contribution is 2.24. The molecule has 1 atom stereocenters. The number of imidazole rings is 1. The number of nitrogens with zero attached hydrogens (tertiary/aromatic N) is 3. The average Bonchev–Trinajstić information content (AvgIpc) is 2.64. The van der Waals surface area contributed by atoms with Crippen molar-refractivity contribution >= 4 is 23.2 Å². The summed E-state index contributed by atoms with van der Waals surface area (Å²) in [5.74, 6) is 0.894. The standard InChI is InChI=1S/C11H12Cl2N4/c1-17-3-2-15-10(17)5-9(14)11-8(13)4-7(12)6-16-11/h2-4,6,9H,5,14H2,1H3. The number of aryl methyl sites for hydroxylation is 1. The molecule has 0 saturated carbocycles. The first-order valence-corrected chi connectivity index (χ1v) is 5.86. The van der Waals surface area contributed by atoms with Crippen molar-refractivity contribution < 1.29 is 0 Å². The van der Waals surface area contributed by atoms with Crippen molar-refractivity contribution in [1.82, 2.24) is 14.5 Å². The van der Waals surface area contributed by atoms with E-state index >= 15 is 0 Å². The zero-order chi connectivity index (χ0) is 12.4. The average molecular weight is 271 g/mol. The Kier molecular flexibility index (Phi) is 3.66. The fourth-order valence-corrected chi connectivity index (χ4v) is 2.10. The van der Waals surface area contributed by atoms with Crippen LogP contribution in [0.4, 0.5) is 0 Å². The lowest BCUT2D eigenvalue weighted by atomic mass is 10.1. The Balaban J connectivity index is 2.20. The second kappa shape index (κ2) is 5.04. The van der Waals surface area contributed by atoms with E-state index < -0.39 is 0 Å². The van der Waals surface area contributed by atoms with Gasteiger partial charge < -0.3 is 10.3 Å². The van der Waals surface area contributed by atoms with Crippen LogP contribution in [0.1, 0.15) is 17.6 Å². The molecule has 0 radical (unpaired) electrons. The fourth-order valence-electron chi connectivity index (χ4n) is 1.58. The van der Waals surface area contributed by atoms with E-state index in [9.17, 15) is 0 Å². The first kappa shape index (κ1) is 12.4. The third kappa shape index (κ3) is 2.77. The molecule has 0 bridgehead atoms. The van der Waals surface area contributed by atoms with Crippen molar-refractivity contribution in [2.24, 2.45) is 12.8 Å². The maximum Gasteiger partial charge on any atom is 0.110 e. The molecule has 2 aromatic rings. The molecule has 2 heterocycles. The SMILES string of the molecule is Cn1ccnc1CC(N)c1ncc(Cl)cc1Cl. The summed E-state index contributed by atoms with van der Waals surface area (Å²) in [4.78, 5) is 8.38. The summed E-state index contributed by atoms with van der Waals surface area (Å²) in [6, 6.07) is 1.35. The van der Waals surface area contributed by atoms with E-state index in [1.54, 1.807) is 18.5 Å². The number of halogens is 2. The molecule has 6 heteroatoms. The van der Waals surface area contributed by atoms with Gasteiger partial charge in [0.25, 0.3) is 0 Å². The lowest BCUT2D eigenvalue weighted by molar-refractivity contribution is 0.644. The van der Waals surface area contributed by atoms with Crippen LogP contribution in [0.5, 0.6) is 0 Å². The van der Waals surface area contributed by atoms with Crippen LogP contribution < -0.4 is 5.73 Å². The number of aromatic nitrogens is 3. The van der Waals surface area contributed by atoms with Crippen LogP contribution in [-0.2, 0) is 13.5 Å². The van der Waals surface area contributed by atoms with Crippen LogP contribution >= 0.6 is 23.2 Å². The van der Waals surface area contributed by atoms with Gasteiger partial charge in [-0.1, -0.05) is 23.2 Å². The Labute approximate surface area is 109 Å². The molecule has 0 aromatic carbocycles. The molecule has 0 fully saturated rings. The Hall–Kier alpha value is -1.10. The third-order valence-electron chi connectivity index (χ3n) is 2.51. The van der Waals surface area contributed by atoms with Crippen LogP contribution in [0.15, 0.2) is 24.7 Å². The van der Waals surface area contributed by atoms with Crippen molar-refractivity contribution in [2.45, 2.75) is 12.5 Å². The first-order chi connectivity index (χ1) is 8.08. The van der Waals surface area contributed by atoms with Gasteiger partial charge in [0.2, 0.25) is 0 Å². The number of hydrogen-bond donors (Lipinski definition) is 1. The summed E-state index contributed by atoms with van der Waals surface area (Å²) in [6.07, 6.45) is 5.73. The molecular weight excluding hydrogens is 259 g/mol. The van der Waals surface area contributed by atoms with Gasteiger partial charge >= 0.3 is 0 Å². The van der Waals surface area contributed by atoms with E-state index in [4.69, 9.17) is 28.9 Å². The highest BCUT2D eigenvalue weighted by Gasteiger charge is 2.15. The second-order valence-electron chi connectivity index (χ2n) is 3.79. The van der Waals surface area contributed by atoms with Crippen LogP contribution in [0, 0.1) is 0 Å². The summed E-state index contributed by atoms with van der Waals surface area (Å²) in [5, 5.41) is 0.988. The van der Waals surface area contributed by atoms with E-state index in [0.29, 0.717) is 22.2 Å². The first-order valence-electron chi connectivity index (χ1n) is 5.10. The topological polar surface area (TPSA) is 56.7 Å². The molecule has 0 aliphatic rings. The Morgan fingerprint density at radius 3 is 2.76 bits per heavy atom. The zero-order valence-electron chi connectivity index (χ0n) is 9.27. The summed E-state index contributed by atoms with van der Waals surface area (Å²) < 4.78 is 1.92. The molecule has 0 aliphatic carbocycles. The van der Waals surface area contributed by atoms with Gasteiger partial charge in [0, 0.05) is 32.1 Å². The van der Waals surface area contributed by atoms with Gasteiger partial charge in [0.1, 0.15) is 5.82 Å². The molecular formula is C11H12Cl2N4.